The normalized spacial score (nSPS) is 18.2. The van der Waals surface area contributed by atoms with E-state index in [1.165, 1.54) is 6.42 Å². The molecule has 112 valence electrons. The first-order chi connectivity index (χ1) is 9.59. The molecule has 0 aromatic heterocycles. The zero-order chi connectivity index (χ0) is 14.4. The number of aliphatic hydroxyl groups is 1. The van der Waals surface area contributed by atoms with Gasteiger partial charge in [-0.05, 0) is 18.9 Å². The minimum Gasteiger partial charge on any atom is -0.490 e. The molecule has 2 rings (SSSR count). The zero-order valence-corrected chi connectivity index (χ0v) is 12.7. The van der Waals surface area contributed by atoms with Gasteiger partial charge >= 0.3 is 0 Å². The molecular weight excluding hydrogens is 250 g/mol. The molecule has 1 aliphatic carbocycles. The average Bonchev–Trinajstić information content (AvgIpc) is 2.44. The van der Waals surface area contributed by atoms with Crippen molar-refractivity contribution in [3.63, 3.8) is 0 Å². The van der Waals surface area contributed by atoms with E-state index in [0.717, 1.165) is 43.5 Å². The summed E-state index contributed by atoms with van der Waals surface area (Å²) < 4.78 is 5.92. The van der Waals surface area contributed by atoms with Crippen molar-refractivity contribution in [2.45, 2.75) is 64.1 Å². The summed E-state index contributed by atoms with van der Waals surface area (Å²) in [6.45, 7) is 5.47. The number of hydrogen-bond acceptors (Lipinski definition) is 3. The van der Waals surface area contributed by atoms with Crippen LogP contribution in [0.25, 0.3) is 0 Å². The van der Waals surface area contributed by atoms with Crippen LogP contribution in [0.3, 0.4) is 0 Å². The molecule has 0 aliphatic heterocycles. The first-order valence-corrected chi connectivity index (χ1v) is 7.75. The number of benzene rings is 1. The van der Waals surface area contributed by atoms with Crippen LogP contribution in [0.4, 0.5) is 0 Å². The van der Waals surface area contributed by atoms with Gasteiger partial charge < -0.3 is 15.2 Å². The van der Waals surface area contributed by atoms with Crippen LogP contribution in [-0.2, 0) is 6.54 Å². The Bertz CT molecular complexity index is 411. The molecule has 1 aromatic rings. The summed E-state index contributed by atoms with van der Waals surface area (Å²) in [4.78, 5) is 0. The van der Waals surface area contributed by atoms with Crippen LogP contribution in [-0.4, -0.2) is 23.4 Å². The fourth-order valence-corrected chi connectivity index (χ4v) is 2.67. The third kappa shape index (κ3) is 4.50. The van der Waals surface area contributed by atoms with Gasteiger partial charge in [-0.1, -0.05) is 51.3 Å². The van der Waals surface area contributed by atoms with E-state index in [4.69, 9.17) is 4.74 Å². The Balaban J connectivity index is 1.94. The van der Waals surface area contributed by atoms with Crippen molar-refractivity contribution in [3.8, 4) is 5.75 Å². The molecule has 1 saturated carbocycles. The molecule has 0 heterocycles. The van der Waals surface area contributed by atoms with E-state index in [1.807, 2.05) is 18.2 Å². The summed E-state index contributed by atoms with van der Waals surface area (Å²) in [5.74, 6) is 0.889. The molecule has 2 N–H and O–H groups in total. The van der Waals surface area contributed by atoms with Crippen LogP contribution in [0.1, 0.15) is 51.5 Å². The van der Waals surface area contributed by atoms with Gasteiger partial charge in [0.2, 0.25) is 0 Å². The van der Waals surface area contributed by atoms with Crippen LogP contribution in [0.2, 0.25) is 0 Å². The highest BCUT2D eigenvalue weighted by Crippen LogP contribution is 2.29. The number of ether oxygens (including phenoxy) is 1. The third-order valence-electron chi connectivity index (χ3n) is 3.95. The summed E-state index contributed by atoms with van der Waals surface area (Å²) in [5, 5.41) is 13.9. The average molecular weight is 277 g/mol. The van der Waals surface area contributed by atoms with Crippen LogP contribution >= 0.6 is 0 Å². The van der Waals surface area contributed by atoms with Crippen molar-refractivity contribution in [3.05, 3.63) is 29.8 Å². The van der Waals surface area contributed by atoms with E-state index in [-0.39, 0.29) is 0 Å². The Morgan fingerprint density at radius 1 is 1.20 bits per heavy atom. The maximum absolute atomic E-state index is 10.5. The predicted octanol–water partition coefficient (Wildman–Crippen LogP) is 3.26. The molecule has 1 aromatic carbocycles. The second-order valence-electron chi connectivity index (χ2n) is 6.22. The van der Waals surface area contributed by atoms with E-state index in [9.17, 15) is 5.11 Å². The molecule has 1 aliphatic rings. The predicted molar refractivity (Wildman–Crippen MR) is 81.9 cm³/mol. The molecule has 3 nitrogen and oxygen atoms in total. The summed E-state index contributed by atoms with van der Waals surface area (Å²) in [7, 11) is 0. The largest absolute Gasteiger partial charge is 0.490 e. The lowest BCUT2D eigenvalue weighted by Crippen LogP contribution is -2.38. The minimum atomic E-state index is -0.628. The lowest BCUT2D eigenvalue weighted by molar-refractivity contribution is -0.0341. The fraction of sp³-hybridized carbons (Fsp3) is 0.647. The van der Waals surface area contributed by atoms with Crippen LogP contribution in [0.5, 0.6) is 5.75 Å². The Morgan fingerprint density at radius 3 is 2.60 bits per heavy atom. The van der Waals surface area contributed by atoms with E-state index in [0.29, 0.717) is 12.6 Å². The summed E-state index contributed by atoms with van der Waals surface area (Å²) >= 11 is 0. The van der Waals surface area contributed by atoms with Crippen molar-refractivity contribution in [1.29, 1.82) is 0 Å². The smallest absolute Gasteiger partial charge is 0.123 e. The zero-order valence-electron chi connectivity index (χ0n) is 12.7. The highest BCUT2D eigenvalue weighted by Gasteiger charge is 2.30. The van der Waals surface area contributed by atoms with Gasteiger partial charge in [0, 0.05) is 18.2 Å². The molecule has 0 unspecified atom stereocenters. The molecule has 0 spiro atoms. The molecule has 0 saturated heterocycles. The summed E-state index contributed by atoms with van der Waals surface area (Å²) in [6.07, 6.45) is 5.17. The van der Waals surface area contributed by atoms with E-state index < -0.39 is 5.60 Å². The van der Waals surface area contributed by atoms with Crippen molar-refractivity contribution in [2.24, 2.45) is 0 Å². The van der Waals surface area contributed by atoms with Crippen molar-refractivity contribution >= 4 is 0 Å². The van der Waals surface area contributed by atoms with Crippen molar-refractivity contribution < 1.29 is 9.84 Å². The van der Waals surface area contributed by atoms with Crippen LogP contribution < -0.4 is 10.1 Å². The van der Waals surface area contributed by atoms with Crippen molar-refractivity contribution in [1.82, 2.24) is 5.32 Å². The maximum Gasteiger partial charge on any atom is 0.123 e. The highest BCUT2D eigenvalue weighted by molar-refractivity contribution is 5.33. The summed E-state index contributed by atoms with van der Waals surface area (Å²) in [5.41, 5.74) is 0.525. The van der Waals surface area contributed by atoms with Gasteiger partial charge in [0.05, 0.1) is 5.60 Å². The lowest BCUT2D eigenvalue weighted by Gasteiger charge is -2.32. The fourth-order valence-electron chi connectivity index (χ4n) is 2.67. The van der Waals surface area contributed by atoms with E-state index in [1.54, 1.807) is 0 Å². The minimum absolute atomic E-state index is 0.408. The highest BCUT2D eigenvalue weighted by atomic mass is 16.5. The topological polar surface area (TPSA) is 41.5 Å². The Kier molecular flexibility index (Phi) is 5.44. The van der Waals surface area contributed by atoms with Gasteiger partial charge in [0.1, 0.15) is 12.4 Å². The van der Waals surface area contributed by atoms with Crippen molar-refractivity contribution in [2.75, 3.05) is 6.61 Å². The van der Waals surface area contributed by atoms with E-state index >= 15 is 0 Å². The molecular formula is C17H27NO2. The quantitative estimate of drug-likeness (QED) is 0.838. The monoisotopic (exact) mass is 277 g/mol. The molecule has 20 heavy (non-hydrogen) atoms. The Hall–Kier alpha value is -1.06. The standard InChI is InChI=1S/C17H27NO2/c1-14(2)18-12-15-8-4-5-9-16(15)20-13-17(19)10-6-3-7-11-17/h4-5,8-9,14,18-19H,3,6-7,10-13H2,1-2H3. The van der Waals surface area contributed by atoms with Gasteiger partial charge in [-0.2, -0.15) is 0 Å². The number of hydrogen-bond donors (Lipinski definition) is 2. The van der Waals surface area contributed by atoms with Crippen LogP contribution in [0, 0.1) is 0 Å². The van der Waals surface area contributed by atoms with Gasteiger partial charge in [-0.15, -0.1) is 0 Å². The lowest BCUT2D eigenvalue weighted by atomic mass is 9.85. The molecule has 0 radical (unpaired) electrons. The van der Waals surface area contributed by atoms with Gasteiger partial charge in [-0.3, -0.25) is 0 Å². The molecule has 1 fully saturated rings. The Labute approximate surface area is 122 Å². The maximum atomic E-state index is 10.5. The third-order valence-corrected chi connectivity index (χ3v) is 3.95. The SMILES string of the molecule is CC(C)NCc1ccccc1OCC1(O)CCCCC1. The Morgan fingerprint density at radius 2 is 1.90 bits per heavy atom. The molecule has 3 heteroatoms. The number of rotatable bonds is 6. The molecule has 0 bridgehead atoms. The summed E-state index contributed by atoms with van der Waals surface area (Å²) in [6, 6.07) is 8.53. The first-order valence-electron chi connectivity index (χ1n) is 7.75. The van der Waals surface area contributed by atoms with Gasteiger partial charge in [-0.25, -0.2) is 0 Å². The van der Waals surface area contributed by atoms with Crippen LogP contribution in [0.15, 0.2) is 24.3 Å². The number of nitrogens with one attached hydrogen (secondary N) is 1. The van der Waals surface area contributed by atoms with Gasteiger partial charge in [0.15, 0.2) is 0 Å². The molecule has 0 atom stereocenters. The number of para-hydroxylation sites is 1. The second kappa shape index (κ2) is 7.09. The first kappa shape index (κ1) is 15.3. The molecule has 0 amide bonds. The van der Waals surface area contributed by atoms with E-state index in [2.05, 4.69) is 25.2 Å². The second-order valence-corrected chi connectivity index (χ2v) is 6.22. The van der Waals surface area contributed by atoms with Gasteiger partial charge in [0.25, 0.3) is 0 Å².